The lowest BCUT2D eigenvalue weighted by Crippen LogP contribution is -2.30. The first-order valence-corrected chi connectivity index (χ1v) is 8.07. The second kappa shape index (κ2) is 8.05. The summed E-state index contributed by atoms with van der Waals surface area (Å²) in [6, 6.07) is 5.48. The first-order chi connectivity index (χ1) is 9.95. The number of rotatable bonds is 6. The van der Waals surface area contributed by atoms with Gasteiger partial charge in [-0.25, -0.2) is 8.42 Å². The number of halogens is 3. The summed E-state index contributed by atoms with van der Waals surface area (Å²) in [5.41, 5.74) is 0. The second-order valence-electron chi connectivity index (χ2n) is 4.90. The Bertz CT molecular complexity index is 586. The van der Waals surface area contributed by atoms with Gasteiger partial charge in [-0.05, 0) is 38.1 Å². The molecule has 0 saturated carbocycles. The average Bonchev–Trinajstić information content (AvgIpc) is 2.88. The van der Waals surface area contributed by atoms with E-state index in [0.29, 0.717) is 13.1 Å². The van der Waals surface area contributed by atoms with Crippen molar-refractivity contribution in [3.05, 3.63) is 24.3 Å². The molecular weight excluding hydrogens is 338 g/mol. The average molecular weight is 357 g/mol. The van der Waals surface area contributed by atoms with Gasteiger partial charge in [0.25, 0.3) is 0 Å². The molecule has 1 N–H and O–H groups in total. The standard InChI is InChI=1S/C13H18F2N2O3S.ClH/c1-16-8-10-6-7-17(9-10)21(18,19)12-5-3-2-4-11(12)20-13(14)15;/h2-5,10,13,16H,6-9H2,1H3;1H. The summed E-state index contributed by atoms with van der Waals surface area (Å²) in [7, 11) is -2.01. The molecule has 1 atom stereocenters. The maximum absolute atomic E-state index is 12.6. The lowest BCUT2D eigenvalue weighted by molar-refractivity contribution is -0.0517. The van der Waals surface area contributed by atoms with Gasteiger partial charge in [-0.3, -0.25) is 0 Å². The van der Waals surface area contributed by atoms with Crippen LogP contribution < -0.4 is 10.1 Å². The van der Waals surface area contributed by atoms with Gasteiger partial charge >= 0.3 is 6.61 Å². The van der Waals surface area contributed by atoms with Crippen molar-refractivity contribution < 1.29 is 21.9 Å². The SMILES string of the molecule is CNCC1CCN(S(=O)(=O)c2ccccc2OC(F)F)C1.Cl. The summed E-state index contributed by atoms with van der Waals surface area (Å²) in [4.78, 5) is -0.213. The molecule has 126 valence electrons. The number of ether oxygens (including phenoxy) is 1. The molecule has 0 aromatic heterocycles. The second-order valence-corrected chi connectivity index (χ2v) is 6.81. The normalized spacial score (nSPS) is 19.2. The van der Waals surface area contributed by atoms with Crippen molar-refractivity contribution in [3.63, 3.8) is 0 Å². The highest BCUT2D eigenvalue weighted by atomic mass is 35.5. The van der Waals surface area contributed by atoms with E-state index in [1.807, 2.05) is 7.05 Å². The van der Waals surface area contributed by atoms with Gasteiger partial charge in [0.15, 0.2) is 0 Å². The van der Waals surface area contributed by atoms with Crippen molar-refractivity contribution in [2.75, 3.05) is 26.7 Å². The summed E-state index contributed by atoms with van der Waals surface area (Å²) >= 11 is 0. The molecule has 1 aromatic carbocycles. The van der Waals surface area contributed by atoms with E-state index >= 15 is 0 Å². The fourth-order valence-electron chi connectivity index (χ4n) is 2.47. The number of hydrogen-bond acceptors (Lipinski definition) is 4. The van der Waals surface area contributed by atoms with Gasteiger partial charge in [-0.15, -0.1) is 12.4 Å². The van der Waals surface area contributed by atoms with E-state index in [1.165, 1.54) is 28.6 Å². The minimum atomic E-state index is -3.82. The van der Waals surface area contributed by atoms with E-state index < -0.39 is 16.6 Å². The maximum atomic E-state index is 12.6. The van der Waals surface area contributed by atoms with E-state index in [1.54, 1.807) is 0 Å². The van der Waals surface area contributed by atoms with Crippen molar-refractivity contribution >= 4 is 22.4 Å². The highest BCUT2D eigenvalue weighted by molar-refractivity contribution is 7.89. The van der Waals surface area contributed by atoms with E-state index in [-0.39, 0.29) is 29.0 Å². The quantitative estimate of drug-likeness (QED) is 0.846. The van der Waals surface area contributed by atoms with E-state index in [9.17, 15) is 17.2 Å². The molecule has 1 unspecified atom stereocenters. The molecule has 2 rings (SSSR count). The molecule has 0 radical (unpaired) electrons. The third kappa shape index (κ3) is 4.28. The summed E-state index contributed by atoms with van der Waals surface area (Å²) < 4.78 is 55.5. The molecule has 1 saturated heterocycles. The molecule has 0 amide bonds. The lowest BCUT2D eigenvalue weighted by atomic mass is 10.1. The number of para-hydroxylation sites is 1. The van der Waals surface area contributed by atoms with Crippen LogP contribution in [0.25, 0.3) is 0 Å². The fraction of sp³-hybridized carbons (Fsp3) is 0.538. The minimum Gasteiger partial charge on any atom is -0.433 e. The Kier molecular flexibility index (Phi) is 6.98. The van der Waals surface area contributed by atoms with Gasteiger partial charge in [0.1, 0.15) is 10.6 Å². The molecule has 9 heteroatoms. The molecule has 1 aliphatic heterocycles. The monoisotopic (exact) mass is 356 g/mol. The number of benzene rings is 1. The van der Waals surface area contributed by atoms with Crippen molar-refractivity contribution in [2.24, 2.45) is 5.92 Å². The van der Waals surface area contributed by atoms with Gasteiger partial charge in [-0.2, -0.15) is 13.1 Å². The molecule has 1 aliphatic rings. The molecule has 1 aromatic rings. The third-order valence-electron chi connectivity index (χ3n) is 3.42. The van der Waals surface area contributed by atoms with Crippen molar-refractivity contribution in [2.45, 2.75) is 17.9 Å². The molecule has 1 fully saturated rings. The summed E-state index contributed by atoms with van der Waals surface area (Å²) in [6.45, 7) is -1.57. The third-order valence-corrected chi connectivity index (χ3v) is 5.33. The van der Waals surface area contributed by atoms with Crippen LogP contribution in [-0.4, -0.2) is 46.0 Å². The summed E-state index contributed by atoms with van der Waals surface area (Å²) in [5.74, 6) is -0.0856. The predicted molar refractivity (Wildman–Crippen MR) is 81.1 cm³/mol. The van der Waals surface area contributed by atoms with Crippen LogP contribution >= 0.6 is 12.4 Å². The van der Waals surface area contributed by atoms with Gasteiger partial charge < -0.3 is 10.1 Å². The maximum Gasteiger partial charge on any atom is 0.387 e. The molecule has 0 spiro atoms. The zero-order chi connectivity index (χ0) is 15.5. The van der Waals surface area contributed by atoms with Crippen LogP contribution in [0.2, 0.25) is 0 Å². The van der Waals surface area contributed by atoms with Crippen LogP contribution in [0.4, 0.5) is 8.78 Å². The zero-order valence-electron chi connectivity index (χ0n) is 12.0. The molecule has 0 aliphatic carbocycles. The Hall–Kier alpha value is -0.960. The largest absolute Gasteiger partial charge is 0.433 e. The van der Waals surface area contributed by atoms with E-state index in [4.69, 9.17) is 0 Å². The first kappa shape index (κ1) is 19.1. The van der Waals surface area contributed by atoms with Crippen LogP contribution in [0.1, 0.15) is 6.42 Å². The summed E-state index contributed by atoms with van der Waals surface area (Å²) in [5, 5.41) is 3.01. The number of nitrogens with zero attached hydrogens (tertiary/aromatic N) is 1. The number of sulfonamides is 1. The van der Waals surface area contributed by atoms with Gasteiger partial charge in [0, 0.05) is 13.1 Å². The van der Waals surface area contributed by atoms with E-state index in [0.717, 1.165) is 13.0 Å². The number of hydrogen-bond donors (Lipinski definition) is 1. The zero-order valence-corrected chi connectivity index (χ0v) is 13.7. The van der Waals surface area contributed by atoms with Crippen LogP contribution in [-0.2, 0) is 10.0 Å². The molecular formula is C13H19ClF2N2O3S. The van der Waals surface area contributed by atoms with Gasteiger partial charge in [-0.1, -0.05) is 12.1 Å². The van der Waals surface area contributed by atoms with Crippen LogP contribution in [0, 0.1) is 5.92 Å². The van der Waals surface area contributed by atoms with Crippen molar-refractivity contribution in [1.29, 1.82) is 0 Å². The predicted octanol–water partition coefficient (Wildman–Crippen LogP) is 1.94. The molecule has 0 bridgehead atoms. The first-order valence-electron chi connectivity index (χ1n) is 6.63. The lowest BCUT2D eigenvalue weighted by Gasteiger charge is -2.18. The molecule has 1 heterocycles. The van der Waals surface area contributed by atoms with Gasteiger partial charge in [0.05, 0.1) is 0 Å². The van der Waals surface area contributed by atoms with Gasteiger partial charge in [0.2, 0.25) is 10.0 Å². The number of alkyl halides is 2. The highest BCUT2D eigenvalue weighted by Crippen LogP contribution is 2.30. The Morgan fingerprint density at radius 1 is 1.41 bits per heavy atom. The topological polar surface area (TPSA) is 58.6 Å². The molecule has 5 nitrogen and oxygen atoms in total. The Labute approximate surface area is 135 Å². The smallest absolute Gasteiger partial charge is 0.387 e. The highest BCUT2D eigenvalue weighted by Gasteiger charge is 2.34. The summed E-state index contributed by atoms with van der Waals surface area (Å²) in [6.07, 6.45) is 0.748. The van der Waals surface area contributed by atoms with Crippen LogP contribution in [0.15, 0.2) is 29.2 Å². The van der Waals surface area contributed by atoms with Crippen LogP contribution in [0.3, 0.4) is 0 Å². The van der Waals surface area contributed by atoms with Crippen molar-refractivity contribution in [1.82, 2.24) is 9.62 Å². The Balaban J connectivity index is 0.00000242. The van der Waals surface area contributed by atoms with Crippen LogP contribution in [0.5, 0.6) is 5.75 Å². The van der Waals surface area contributed by atoms with Crippen molar-refractivity contribution in [3.8, 4) is 5.75 Å². The Morgan fingerprint density at radius 2 is 2.09 bits per heavy atom. The minimum absolute atomic E-state index is 0. The van der Waals surface area contributed by atoms with E-state index in [2.05, 4.69) is 10.1 Å². The number of nitrogens with one attached hydrogen (secondary N) is 1. The fourth-order valence-corrected chi connectivity index (χ4v) is 4.12. The Morgan fingerprint density at radius 3 is 2.73 bits per heavy atom. The molecule has 22 heavy (non-hydrogen) atoms.